The zero-order valence-corrected chi connectivity index (χ0v) is 14.1. The van der Waals surface area contributed by atoms with Gasteiger partial charge in [-0.1, -0.05) is 11.3 Å². The number of aromatic nitrogens is 4. The SMILES string of the molecule is Cc1nnc2sc(CCNC(=O)c3ccc(N(C)C)cc3)nn12. The molecule has 7 nitrogen and oxygen atoms in total. The number of carbonyl (C=O) groups is 1. The maximum Gasteiger partial charge on any atom is 0.251 e. The van der Waals surface area contributed by atoms with Crippen molar-refractivity contribution in [3.63, 3.8) is 0 Å². The monoisotopic (exact) mass is 330 g/mol. The Labute approximate surface area is 138 Å². The molecule has 0 aliphatic rings. The Bertz CT molecular complexity index is 820. The van der Waals surface area contributed by atoms with Crippen molar-refractivity contribution >= 4 is 27.9 Å². The fraction of sp³-hybridized carbons (Fsp3) is 0.333. The number of nitrogens with zero attached hydrogens (tertiary/aromatic N) is 5. The Morgan fingerprint density at radius 2 is 2.00 bits per heavy atom. The zero-order chi connectivity index (χ0) is 16.4. The fourth-order valence-electron chi connectivity index (χ4n) is 2.15. The van der Waals surface area contributed by atoms with E-state index in [0.717, 1.165) is 21.5 Å². The number of hydrogen-bond acceptors (Lipinski definition) is 6. The highest BCUT2D eigenvalue weighted by Gasteiger charge is 2.10. The number of carbonyl (C=O) groups excluding carboxylic acids is 1. The molecule has 2 aromatic heterocycles. The van der Waals surface area contributed by atoms with E-state index in [1.807, 2.05) is 50.2 Å². The van der Waals surface area contributed by atoms with Gasteiger partial charge in [-0.3, -0.25) is 4.79 Å². The van der Waals surface area contributed by atoms with Gasteiger partial charge < -0.3 is 10.2 Å². The minimum Gasteiger partial charge on any atom is -0.378 e. The van der Waals surface area contributed by atoms with Gasteiger partial charge in [0.2, 0.25) is 4.96 Å². The van der Waals surface area contributed by atoms with Crippen LogP contribution in [0.5, 0.6) is 0 Å². The first-order valence-corrected chi connectivity index (χ1v) is 8.09. The van der Waals surface area contributed by atoms with E-state index in [2.05, 4.69) is 20.6 Å². The van der Waals surface area contributed by atoms with Crippen molar-refractivity contribution in [2.45, 2.75) is 13.3 Å². The van der Waals surface area contributed by atoms with Crippen LogP contribution in [0.25, 0.3) is 4.96 Å². The first-order chi connectivity index (χ1) is 11.0. The summed E-state index contributed by atoms with van der Waals surface area (Å²) < 4.78 is 1.72. The van der Waals surface area contributed by atoms with Crippen LogP contribution in [0.1, 0.15) is 21.2 Å². The molecule has 3 aromatic rings. The summed E-state index contributed by atoms with van der Waals surface area (Å²) in [6.07, 6.45) is 0.676. The molecule has 1 N–H and O–H groups in total. The molecule has 8 heteroatoms. The molecule has 0 saturated heterocycles. The average Bonchev–Trinajstić information content (AvgIpc) is 3.09. The van der Waals surface area contributed by atoms with E-state index in [0.29, 0.717) is 18.5 Å². The maximum absolute atomic E-state index is 12.1. The van der Waals surface area contributed by atoms with Gasteiger partial charge in [0.25, 0.3) is 5.91 Å². The number of fused-ring (bicyclic) bond motifs is 1. The summed E-state index contributed by atoms with van der Waals surface area (Å²) in [5, 5.41) is 16.3. The highest BCUT2D eigenvalue weighted by atomic mass is 32.1. The number of rotatable bonds is 5. The third kappa shape index (κ3) is 3.31. The predicted molar refractivity (Wildman–Crippen MR) is 90.2 cm³/mol. The standard InChI is InChI=1S/C15H18N6OS/c1-10-17-18-15-21(10)19-13(23-15)8-9-16-14(22)11-4-6-12(7-5-11)20(2)3/h4-7H,8-9H2,1-3H3,(H,16,22). The molecule has 0 saturated carbocycles. The molecule has 0 bridgehead atoms. The van der Waals surface area contributed by atoms with Gasteiger partial charge in [0.05, 0.1) is 0 Å². The number of nitrogens with one attached hydrogen (secondary N) is 1. The number of aryl methyl sites for hydroxylation is 1. The second-order valence-corrected chi connectivity index (χ2v) is 6.43. The Morgan fingerprint density at radius 3 is 2.65 bits per heavy atom. The van der Waals surface area contributed by atoms with Gasteiger partial charge in [0.15, 0.2) is 5.82 Å². The second-order valence-electron chi connectivity index (χ2n) is 5.38. The van der Waals surface area contributed by atoms with Crippen LogP contribution in [0.4, 0.5) is 5.69 Å². The van der Waals surface area contributed by atoms with Crippen LogP contribution in [0.15, 0.2) is 24.3 Å². The third-order valence-electron chi connectivity index (χ3n) is 3.46. The molecule has 0 unspecified atom stereocenters. The Hall–Kier alpha value is -2.48. The van der Waals surface area contributed by atoms with Gasteiger partial charge in [-0.05, 0) is 31.2 Å². The molecular formula is C15H18N6OS. The maximum atomic E-state index is 12.1. The smallest absolute Gasteiger partial charge is 0.251 e. The summed E-state index contributed by atoms with van der Waals surface area (Å²) in [4.78, 5) is 14.9. The molecule has 0 aliphatic heterocycles. The molecular weight excluding hydrogens is 312 g/mol. The normalized spacial score (nSPS) is 10.9. The van der Waals surface area contributed by atoms with Crippen molar-refractivity contribution in [3.05, 3.63) is 40.7 Å². The lowest BCUT2D eigenvalue weighted by molar-refractivity contribution is 0.0954. The van der Waals surface area contributed by atoms with E-state index in [9.17, 15) is 4.79 Å². The van der Waals surface area contributed by atoms with Crippen molar-refractivity contribution in [2.75, 3.05) is 25.5 Å². The number of hydrogen-bond donors (Lipinski definition) is 1. The van der Waals surface area contributed by atoms with Crippen LogP contribution in [0.2, 0.25) is 0 Å². The van der Waals surface area contributed by atoms with E-state index in [1.54, 1.807) is 4.52 Å². The summed E-state index contributed by atoms with van der Waals surface area (Å²) in [6.45, 7) is 2.40. The lowest BCUT2D eigenvalue weighted by Crippen LogP contribution is -2.25. The van der Waals surface area contributed by atoms with Crippen LogP contribution in [0.3, 0.4) is 0 Å². The largest absolute Gasteiger partial charge is 0.378 e. The topological polar surface area (TPSA) is 75.4 Å². The number of amides is 1. The van der Waals surface area contributed by atoms with Gasteiger partial charge in [-0.15, -0.1) is 10.2 Å². The number of benzene rings is 1. The molecule has 0 radical (unpaired) electrons. The highest BCUT2D eigenvalue weighted by molar-refractivity contribution is 7.16. The molecule has 0 atom stereocenters. The second kappa shape index (κ2) is 6.33. The summed E-state index contributed by atoms with van der Waals surface area (Å²) in [5.41, 5.74) is 1.72. The molecule has 120 valence electrons. The molecule has 2 heterocycles. The van der Waals surface area contributed by atoms with Crippen molar-refractivity contribution < 1.29 is 4.79 Å². The molecule has 0 fully saturated rings. The quantitative estimate of drug-likeness (QED) is 0.768. The van der Waals surface area contributed by atoms with Gasteiger partial charge in [-0.25, -0.2) is 0 Å². The van der Waals surface area contributed by atoms with Crippen molar-refractivity contribution in [1.82, 2.24) is 25.1 Å². The minimum atomic E-state index is -0.0745. The van der Waals surface area contributed by atoms with Crippen LogP contribution >= 0.6 is 11.3 Å². The van der Waals surface area contributed by atoms with Crippen molar-refractivity contribution in [2.24, 2.45) is 0 Å². The lowest BCUT2D eigenvalue weighted by Gasteiger charge is -2.12. The van der Waals surface area contributed by atoms with Crippen LogP contribution in [-0.4, -0.2) is 46.4 Å². The van der Waals surface area contributed by atoms with Crippen LogP contribution in [-0.2, 0) is 6.42 Å². The molecule has 23 heavy (non-hydrogen) atoms. The minimum absolute atomic E-state index is 0.0745. The third-order valence-corrected chi connectivity index (χ3v) is 4.42. The van der Waals surface area contributed by atoms with Gasteiger partial charge in [0.1, 0.15) is 5.01 Å². The molecule has 1 amide bonds. The van der Waals surface area contributed by atoms with E-state index in [4.69, 9.17) is 0 Å². The van der Waals surface area contributed by atoms with Gasteiger partial charge >= 0.3 is 0 Å². The van der Waals surface area contributed by atoms with E-state index in [-0.39, 0.29) is 5.91 Å². The fourth-order valence-corrected chi connectivity index (χ4v) is 3.03. The Morgan fingerprint density at radius 1 is 1.26 bits per heavy atom. The zero-order valence-electron chi connectivity index (χ0n) is 13.3. The van der Waals surface area contributed by atoms with E-state index in [1.165, 1.54) is 11.3 Å². The Balaban J connectivity index is 1.56. The predicted octanol–water partition coefficient (Wildman–Crippen LogP) is 1.53. The summed E-state index contributed by atoms with van der Waals surface area (Å²) in [5.74, 6) is 0.696. The number of anilines is 1. The van der Waals surface area contributed by atoms with Crippen LogP contribution in [0, 0.1) is 6.92 Å². The van der Waals surface area contributed by atoms with Crippen LogP contribution < -0.4 is 10.2 Å². The van der Waals surface area contributed by atoms with E-state index >= 15 is 0 Å². The highest BCUT2D eigenvalue weighted by Crippen LogP contribution is 2.14. The summed E-state index contributed by atoms with van der Waals surface area (Å²) in [6, 6.07) is 7.52. The van der Waals surface area contributed by atoms with Gasteiger partial charge in [-0.2, -0.15) is 9.61 Å². The van der Waals surface area contributed by atoms with Gasteiger partial charge in [0, 0.05) is 38.3 Å². The Kier molecular flexibility index (Phi) is 4.24. The molecule has 0 spiro atoms. The van der Waals surface area contributed by atoms with Crippen molar-refractivity contribution in [1.29, 1.82) is 0 Å². The molecule has 0 aliphatic carbocycles. The summed E-state index contributed by atoms with van der Waals surface area (Å²) in [7, 11) is 3.94. The first kappa shape index (κ1) is 15.4. The summed E-state index contributed by atoms with van der Waals surface area (Å²) >= 11 is 1.49. The average molecular weight is 330 g/mol. The molecule has 1 aromatic carbocycles. The van der Waals surface area contributed by atoms with E-state index < -0.39 is 0 Å². The van der Waals surface area contributed by atoms with Crippen molar-refractivity contribution in [3.8, 4) is 0 Å². The molecule has 3 rings (SSSR count). The first-order valence-electron chi connectivity index (χ1n) is 7.28. The lowest BCUT2D eigenvalue weighted by atomic mass is 10.2.